The highest BCUT2D eigenvalue weighted by Gasteiger charge is 2.24. The molecule has 4 amide bonds. The van der Waals surface area contributed by atoms with E-state index in [0.717, 1.165) is 10.8 Å². The Morgan fingerprint density at radius 1 is 0.786 bits per heavy atom. The van der Waals surface area contributed by atoms with Gasteiger partial charge in [0.2, 0.25) is 0 Å². The number of hydrogen-bond acceptors (Lipinski definition) is 6. The van der Waals surface area contributed by atoms with E-state index in [2.05, 4.69) is 21.3 Å². The molecule has 150 valence electrons. The van der Waals surface area contributed by atoms with E-state index in [1.54, 1.807) is 18.2 Å². The second-order valence-electron chi connectivity index (χ2n) is 6.31. The van der Waals surface area contributed by atoms with Crippen molar-refractivity contribution >= 4 is 43.1 Å². The number of carbonyl (C=O) groups is 2. The Balaban J connectivity index is 1.52. The van der Waals surface area contributed by atoms with Crippen LogP contribution in [0.25, 0.3) is 0 Å². The highest BCUT2D eigenvalue weighted by Crippen LogP contribution is 2.16. The van der Waals surface area contributed by atoms with Crippen molar-refractivity contribution in [3.63, 3.8) is 0 Å². The normalized spacial score (nSPS) is 23.9. The largest absolute Gasteiger partial charge is 0.331 e. The highest BCUT2D eigenvalue weighted by atomic mass is 32.2. The summed E-state index contributed by atoms with van der Waals surface area (Å²) in [7, 11) is -6.54. The molecule has 2 heterocycles. The number of urea groups is 2. The van der Waals surface area contributed by atoms with Gasteiger partial charge in [-0.2, -0.15) is 0 Å². The van der Waals surface area contributed by atoms with Gasteiger partial charge in [0.05, 0.1) is 23.6 Å². The molecule has 12 heteroatoms. The summed E-state index contributed by atoms with van der Waals surface area (Å²) in [5.41, 5.74) is 0.756. The second-order valence-corrected chi connectivity index (χ2v) is 10.2. The van der Waals surface area contributed by atoms with E-state index in [1.165, 1.54) is 18.2 Å². The Labute approximate surface area is 161 Å². The van der Waals surface area contributed by atoms with Crippen molar-refractivity contribution in [1.82, 2.24) is 10.6 Å². The molecule has 28 heavy (non-hydrogen) atoms. The lowest BCUT2D eigenvalue weighted by Crippen LogP contribution is -2.39. The van der Waals surface area contributed by atoms with E-state index >= 15 is 0 Å². The topological polar surface area (TPSA) is 151 Å². The van der Waals surface area contributed by atoms with Crippen molar-refractivity contribution in [2.45, 2.75) is 12.1 Å². The summed E-state index contributed by atoms with van der Waals surface area (Å²) in [6.07, 6.45) is 2.80. The summed E-state index contributed by atoms with van der Waals surface area (Å²) in [6, 6.07) is 3.91. The smallest absolute Gasteiger partial charge is 0.319 e. The monoisotopic (exact) mass is 426 g/mol. The maximum Gasteiger partial charge on any atom is 0.319 e. The van der Waals surface area contributed by atoms with Crippen LogP contribution in [-0.2, 0) is 19.7 Å². The Bertz CT molecular complexity index is 981. The first-order chi connectivity index (χ1) is 13.1. The predicted molar refractivity (Wildman–Crippen MR) is 104 cm³/mol. The van der Waals surface area contributed by atoms with Crippen LogP contribution in [0.2, 0.25) is 0 Å². The zero-order valence-electron chi connectivity index (χ0n) is 14.5. The van der Waals surface area contributed by atoms with Crippen molar-refractivity contribution in [2.75, 3.05) is 22.1 Å². The number of anilines is 2. The van der Waals surface area contributed by atoms with Gasteiger partial charge < -0.3 is 21.3 Å². The molecule has 0 fully saturated rings. The highest BCUT2D eigenvalue weighted by molar-refractivity contribution is 7.94. The summed E-state index contributed by atoms with van der Waals surface area (Å²) in [5, 5.41) is 12.3. The number of amides is 4. The van der Waals surface area contributed by atoms with Crippen LogP contribution in [0.5, 0.6) is 0 Å². The van der Waals surface area contributed by atoms with Crippen LogP contribution in [-0.4, -0.2) is 52.5 Å². The average Bonchev–Trinajstić information content (AvgIpc) is 3.08. The Kier molecular flexibility index (Phi) is 5.42. The molecular weight excluding hydrogens is 408 g/mol. The quantitative estimate of drug-likeness (QED) is 0.552. The summed E-state index contributed by atoms with van der Waals surface area (Å²) in [6.45, 7) is 0. The molecule has 0 bridgehead atoms. The van der Waals surface area contributed by atoms with Crippen LogP contribution >= 0.6 is 0 Å². The van der Waals surface area contributed by atoms with E-state index in [9.17, 15) is 26.4 Å². The molecule has 0 aliphatic carbocycles. The fourth-order valence-corrected chi connectivity index (χ4v) is 5.15. The van der Waals surface area contributed by atoms with Gasteiger partial charge in [-0.15, -0.1) is 0 Å². The summed E-state index contributed by atoms with van der Waals surface area (Å²) in [5.74, 6) is -0.374. The molecule has 3 rings (SSSR count). The van der Waals surface area contributed by atoms with E-state index in [0.29, 0.717) is 11.4 Å². The van der Waals surface area contributed by atoms with E-state index in [-0.39, 0.29) is 11.5 Å². The Morgan fingerprint density at radius 3 is 1.57 bits per heavy atom. The molecular formula is C16H18N4O6S2. The maximum absolute atomic E-state index is 12.0. The maximum atomic E-state index is 12.0. The lowest BCUT2D eigenvalue weighted by Gasteiger charge is -2.13. The first kappa shape index (κ1) is 19.9. The molecule has 2 aliphatic heterocycles. The SMILES string of the molecule is O=C(Nc1cccc(NC(=O)NC2C=CS(=O)(=O)C2)c1)NC1C=CS(=O)(=O)C1. The number of benzene rings is 1. The molecule has 1 aromatic rings. The van der Waals surface area contributed by atoms with Gasteiger partial charge in [-0.05, 0) is 30.4 Å². The minimum Gasteiger partial charge on any atom is -0.331 e. The van der Waals surface area contributed by atoms with Crippen LogP contribution in [0.1, 0.15) is 0 Å². The standard InChI is InChI=1S/C16H18N4O6S2/c21-15(19-13-4-6-27(23,24)9-13)17-11-2-1-3-12(8-11)18-16(22)20-14-5-7-28(25,26)10-14/h1-8,13-14H,9-10H2,(H2,17,19,21)(H2,18,20,22). The van der Waals surface area contributed by atoms with Gasteiger partial charge in [0, 0.05) is 22.2 Å². The van der Waals surface area contributed by atoms with Gasteiger partial charge in [0.25, 0.3) is 0 Å². The minimum atomic E-state index is -3.27. The molecule has 0 radical (unpaired) electrons. The van der Waals surface area contributed by atoms with E-state index in [1.807, 2.05) is 0 Å². The van der Waals surface area contributed by atoms with Crippen LogP contribution in [0, 0.1) is 0 Å². The van der Waals surface area contributed by atoms with Crippen LogP contribution in [0.15, 0.2) is 47.2 Å². The predicted octanol–water partition coefficient (Wildman–Crippen LogP) is 0.551. The van der Waals surface area contributed by atoms with Gasteiger partial charge in [0.1, 0.15) is 0 Å². The van der Waals surface area contributed by atoms with Gasteiger partial charge >= 0.3 is 12.1 Å². The fraction of sp³-hybridized carbons (Fsp3) is 0.250. The zero-order chi connectivity index (χ0) is 20.4. The molecule has 1 aromatic carbocycles. The molecule has 0 saturated carbocycles. The summed E-state index contributed by atoms with van der Waals surface area (Å²) in [4.78, 5) is 24.0. The number of carbonyl (C=O) groups excluding carboxylic acids is 2. The first-order valence-corrected chi connectivity index (χ1v) is 11.6. The van der Waals surface area contributed by atoms with Gasteiger partial charge in [-0.25, -0.2) is 26.4 Å². The van der Waals surface area contributed by atoms with Crippen molar-refractivity contribution in [2.24, 2.45) is 0 Å². The van der Waals surface area contributed by atoms with Gasteiger partial charge in [-0.1, -0.05) is 6.07 Å². The lowest BCUT2D eigenvalue weighted by atomic mass is 10.2. The zero-order valence-corrected chi connectivity index (χ0v) is 16.1. The Morgan fingerprint density at radius 2 is 1.21 bits per heavy atom. The van der Waals surface area contributed by atoms with Crippen molar-refractivity contribution in [3.8, 4) is 0 Å². The van der Waals surface area contributed by atoms with Crippen molar-refractivity contribution in [1.29, 1.82) is 0 Å². The third-order valence-electron chi connectivity index (χ3n) is 3.87. The fourth-order valence-electron chi connectivity index (χ4n) is 2.68. The first-order valence-electron chi connectivity index (χ1n) is 8.17. The van der Waals surface area contributed by atoms with E-state index < -0.39 is 43.8 Å². The van der Waals surface area contributed by atoms with Crippen LogP contribution in [0.3, 0.4) is 0 Å². The molecule has 2 aliphatic rings. The summed E-state index contributed by atoms with van der Waals surface area (Å²) < 4.78 is 45.4. The third kappa shape index (κ3) is 5.57. The average molecular weight is 426 g/mol. The number of rotatable bonds is 4. The van der Waals surface area contributed by atoms with Crippen molar-refractivity contribution < 1.29 is 26.4 Å². The molecule has 2 unspecified atom stereocenters. The number of nitrogens with one attached hydrogen (secondary N) is 4. The minimum absolute atomic E-state index is 0.187. The van der Waals surface area contributed by atoms with Crippen LogP contribution < -0.4 is 21.3 Å². The molecule has 2 atom stereocenters. The molecule has 10 nitrogen and oxygen atoms in total. The molecule has 0 spiro atoms. The van der Waals surface area contributed by atoms with Crippen LogP contribution in [0.4, 0.5) is 21.0 Å². The molecule has 0 aromatic heterocycles. The number of hydrogen-bond donors (Lipinski definition) is 4. The van der Waals surface area contributed by atoms with Gasteiger partial charge in [0.15, 0.2) is 19.7 Å². The van der Waals surface area contributed by atoms with Gasteiger partial charge in [-0.3, -0.25) is 0 Å². The molecule has 4 N–H and O–H groups in total. The number of sulfone groups is 2. The lowest BCUT2D eigenvalue weighted by molar-refractivity contribution is 0.250. The third-order valence-corrected chi connectivity index (χ3v) is 6.66. The summed E-state index contributed by atoms with van der Waals surface area (Å²) >= 11 is 0. The Hall–Kier alpha value is -2.86. The van der Waals surface area contributed by atoms with Crippen molar-refractivity contribution in [3.05, 3.63) is 47.2 Å². The molecule has 0 saturated heterocycles. The second kappa shape index (κ2) is 7.64. The van der Waals surface area contributed by atoms with E-state index in [4.69, 9.17) is 0 Å².